The molecule has 1 aromatic heterocycles. The van der Waals surface area contributed by atoms with Crippen LogP contribution in [0.2, 0.25) is 0 Å². The van der Waals surface area contributed by atoms with E-state index in [1.165, 1.54) is 32.1 Å². The highest BCUT2D eigenvalue weighted by Gasteiger charge is 2.42. The van der Waals surface area contributed by atoms with Gasteiger partial charge in [-0.15, -0.1) is 0 Å². The summed E-state index contributed by atoms with van der Waals surface area (Å²) in [5.41, 5.74) is 1.97. The Hall–Kier alpha value is -1.85. The highest BCUT2D eigenvalue weighted by atomic mass is 16.5. The van der Waals surface area contributed by atoms with Crippen molar-refractivity contribution in [1.29, 1.82) is 0 Å². The van der Waals surface area contributed by atoms with E-state index in [2.05, 4.69) is 22.8 Å². The Bertz CT molecular complexity index is 895. The molecule has 4 aliphatic rings. The maximum atomic E-state index is 11.7. The van der Waals surface area contributed by atoms with Gasteiger partial charge in [0.05, 0.1) is 18.7 Å². The van der Waals surface area contributed by atoms with Crippen LogP contribution in [0, 0.1) is 11.8 Å². The molecule has 0 aliphatic carbocycles. The number of nitrogens with zero attached hydrogens (tertiary/aromatic N) is 3. The van der Waals surface area contributed by atoms with Crippen LogP contribution < -0.4 is 9.64 Å². The van der Waals surface area contributed by atoms with Gasteiger partial charge in [-0.05, 0) is 80.3 Å². The van der Waals surface area contributed by atoms with Crippen LogP contribution in [-0.4, -0.2) is 54.3 Å². The molecule has 30 heavy (non-hydrogen) atoms. The minimum atomic E-state index is -0.494. The summed E-state index contributed by atoms with van der Waals surface area (Å²) in [5, 5.41) is 12.7. The molecule has 5 heteroatoms. The number of fused-ring (bicyclic) bond motifs is 4. The zero-order valence-corrected chi connectivity index (χ0v) is 18.4. The van der Waals surface area contributed by atoms with Gasteiger partial charge < -0.3 is 14.7 Å². The van der Waals surface area contributed by atoms with E-state index in [0.717, 1.165) is 72.5 Å². The van der Waals surface area contributed by atoms with Gasteiger partial charge in [-0.1, -0.05) is 13.3 Å². The predicted molar refractivity (Wildman–Crippen MR) is 121 cm³/mol. The number of aliphatic hydroxyl groups is 1. The second-order valence-electron chi connectivity index (χ2n) is 9.46. The van der Waals surface area contributed by atoms with E-state index in [0.29, 0.717) is 0 Å². The van der Waals surface area contributed by atoms with Crippen LogP contribution in [0.15, 0.2) is 24.3 Å². The maximum absolute atomic E-state index is 11.7. The summed E-state index contributed by atoms with van der Waals surface area (Å²) >= 11 is 0. The van der Waals surface area contributed by atoms with Gasteiger partial charge in [0.2, 0.25) is 0 Å². The SMILES string of the molecule is CC[C@H]1CN2CC[C@H]1C[C@H]2[C@H](O)c1cc(N2CCCCC2)nc2ccc(OC)cc12. The molecule has 5 nitrogen and oxygen atoms in total. The van der Waals surface area contributed by atoms with Crippen LogP contribution in [-0.2, 0) is 0 Å². The summed E-state index contributed by atoms with van der Waals surface area (Å²) < 4.78 is 5.50. The zero-order valence-electron chi connectivity index (χ0n) is 18.4. The summed E-state index contributed by atoms with van der Waals surface area (Å²) in [5.74, 6) is 3.38. The molecule has 2 bridgehead atoms. The number of aliphatic hydroxyl groups excluding tert-OH is 1. The van der Waals surface area contributed by atoms with Crippen molar-refractivity contribution in [3.05, 3.63) is 29.8 Å². The lowest BCUT2D eigenvalue weighted by Crippen LogP contribution is -2.55. The molecule has 5 atom stereocenters. The van der Waals surface area contributed by atoms with Gasteiger partial charge in [-0.25, -0.2) is 4.98 Å². The first-order valence-corrected chi connectivity index (χ1v) is 11.8. The van der Waals surface area contributed by atoms with Gasteiger partial charge in [0.1, 0.15) is 11.6 Å². The van der Waals surface area contributed by atoms with Gasteiger partial charge in [-0.2, -0.15) is 0 Å². The Morgan fingerprint density at radius 3 is 2.70 bits per heavy atom. The van der Waals surface area contributed by atoms with E-state index in [1.807, 2.05) is 18.2 Å². The van der Waals surface area contributed by atoms with Crippen molar-refractivity contribution < 1.29 is 9.84 Å². The van der Waals surface area contributed by atoms with Crippen LogP contribution in [0.5, 0.6) is 5.75 Å². The quantitative estimate of drug-likeness (QED) is 0.794. The fourth-order valence-electron chi connectivity index (χ4n) is 6.05. The van der Waals surface area contributed by atoms with Gasteiger partial charge >= 0.3 is 0 Å². The number of piperidine rings is 4. The van der Waals surface area contributed by atoms with E-state index < -0.39 is 6.10 Å². The van der Waals surface area contributed by atoms with Gasteiger partial charge in [-0.3, -0.25) is 4.90 Å². The number of aromatic nitrogens is 1. The molecule has 4 fully saturated rings. The fourth-order valence-corrected chi connectivity index (χ4v) is 6.05. The molecule has 0 spiro atoms. The topological polar surface area (TPSA) is 48.8 Å². The number of hydrogen-bond acceptors (Lipinski definition) is 5. The average molecular weight is 410 g/mol. The van der Waals surface area contributed by atoms with Crippen molar-refractivity contribution in [2.45, 2.75) is 57.6 Å². The van der Waals surface area contributed by atoms with E-state index >= 15 is 0 Å². The summed E-state index contributed by atoms with van der Waals surface area (Å²) in [4.78, 5) is 9.92. The molecule has 0 saturated carbocycles. The second kappa shape index (κ2) is 8.35. The highest BCUT2D eigenvalue weighted by Crippen LogP contribution is 2.43. The Morgan fingerprint density at radius 2 is 2.00 bits per heavy atom. The molecule has 6 rings (SSSR count). The lowest BCUT2D eigenvalue weighted by Gasteiger charge is -2.51. The van der Waals surface area contributed by atoms with Gasteiger partial charge in [0.15, 0.2) is 0 Å². The molecular formula is C25H35N3O2. The molecule has 1 N–H and O–H groups in total. The van der Waals surface area contributed by atoms with E-state index in [-0.39, 0.29) is 6.04 Å². The van der Waals surface area contributed by atoms with Crippen molar-refractivity contribution in [3.63, 3.8) is 0 Å². The lowest BCUT2D eigenvalue weighted by atomic mass is 9.72. The second-order valence-corrected chi connectivity index (χ2v) is 9.46. The summed E-state index contributed by atoms with van der Waals surface area (Å²) in [6.45, 7) is 6.67. The van der Waals surface area contributed by atoms with E-state index in [9.17, 15) is 5.11 Å². The highest BCUT2D eigenvalue weighted by molar-refractivity contribution is 5.86. The van der Waals surface area contributed by atoms with Crippen LogP contribution >= 0.6 is 0 Å². The number of anilines is 1. The molecule has 5 heterocycles. The predicted octanol–water partition coefficient (Wildman–Crippen LogP) is 4.39. The summed E-state index contributed by atoms with van der Waals surface area (Å²) in [6, 6.07) is 8.43. The molecule has 1 unspecified atom stereocenters. The monoisotopic (exact) mass is 409 g/mol. The minimum Gasteiger partial charge on any atom is -0.497 e. The Labute approximate surface area is 180 Å². The first-order valence-electron chi connectivity index (χ1n) is 11.8. The van der Waals surface area contributed by atoms with E-state index in [4.69, 9.17) is 9.72 Å². The first-order chi connectivity index (χ1) is 14.7. The molecule has 0 radical (unpaired) electrons. The van der Waals surface area contributed by atoms with Crippen LogP contribution in [0.4, 0.5) is 5.82 Å². The standard InChI is InChI=1S/C25H35N3O2/c1-3-17-16-28-12-9-18(17)13-23(28)25(29)21-15-24(27-10-5-4-6-11-27)26-22-8-7-19(30-2)14-20(21)22/h7-8,14-15,17-18,23,25,29H,3-6,9-13,16H2,1-2H3/t17-,18-,23-,25+/m0/s1. The third-order valence-corrected chi connectivity index (χ3v) is 7.86. The Morgan fingerprint density at radius 1 is 1.17 bits per heavy atom. The van der Waals surface area contributed by atoms with E-state index in [1.54, 1.807) is 7.11 Å². The number of rotatable bonds is 5. The summed E-state index contributed by atoms with van der Waals surface area (Å²) in [7, 11) is 1.70. The van der Waals surface area contributed by atoms with Crippen LogP contribution in [0.1, 0.15) is 57.1 Å². The average Bonchev–Trinajstić information content (AvgIpc) is 2.83. The zero-order chi connectivity index (χ0) is 20.7. The molecule has 162 valence electrons. The molecule has 4 saturated heterocycles. The third-order valence-electron chi connectivity index (χ3n) is 7.86. The maximum Gasteiger partial charge on any atom is 0.129 e. The largest absolute Gasteiger partial charge is 0.497 e. The van der Waals surface area contributed by atoms with Crippen molar-refractivity contribution in [1.82, 2.24) is 9.88 Å². The Kier molecular flexibility index (Phi) is 5.59. The number of pyridine rings is 1. The van der Waals surface area contributed by atoms with Crippen molar-refractivity contribution in [3.8, 4) is 5.75 Å². The number of hydrogen-bond donors (Lipinski definition) is 1. The van der Waals surface area contributed by atoms with Crippen molar-refractivity contribution >= 4 is 16.7 Å². The molecule has 1 aromatic carbocycles. The normalized spacial score (nSPS) is 29.9. The van der Waals surface area contributed by atoms with Gasteiger partial charge in [0.25, 0.3) is 0 Å². The number of benzene rings is 1. The number of ether oxygens (including phenoxy) is 1. The van der Waals surface area contributed by atoms with Crippen LogP contribution in [0.25, 0.3) is 10.9 Å². The number of methoxy groups -OCH3 is 1. The molecule has 4 aliphatic heterocycles. The minimum absolute atomic E-state index is 0.206. The molecule has 2 aromatic rings. The van der Waals surface area contributed by atoms with Crippen LogP contribution in [0.3, 0.4) is 0 Å². The van der Waals surface area contributed by atoms with Crippen molar-refractivity contribution in [2.24, 2.45) is 11.8 Å². The Balaban J connectivity index is 1.54. The smallest absolute Gasteiger partial charge is 0.129 e. The fraction of sp³-hybridized carbons (Fsp3) is 0.640. The van der Waals surface area contributed by atoms with Crippen molar-refractivity contribution in [2.75, 3.05) is 38.2 Å². The molecule has 0 amide bonds. The summed E-state index contributed by atoms with van der Waals surface area (Å²) in [6.07, 6.45) is 6.88. The lowest BCUT2D eigenvalue weighted by molar-refractivity contribution is -0.0562. The third kappa shape index (κ3) is 3.56. The molecular weight excluding hydrogens is 374 g/mol. The first kappa shape index (κ1) is 20.1. The van der Waals surface area contributed by atoms with Gasteiger partial charge in [0, 0.05) is 31.1 Å².